The van der Waals surface area contributed by atoms with Crippen LogP contribution in [0.4, 0.5) is 5.69 Å². The lowest BCUT2D eigenvalue weighted by atomic mass is 10.0. The molecule has 1 aromatic carbocycles. The Bertz CT molecular complexity index is 542. The molecule has 5 N–H and O–H groups in total. The molecular formula is C14H19BrN4O2. The Morgan fingerprint density at radius 1 is 1.33 bits per heavy atom. The number of halogens is 1. The Morgan fingerprint density at radius 2 is 2.00 bits per heavy atom. The SMILES string of the molecule is NC(=O)CN1CCC(NC(=O)c2cc(N)ccc2Br)CC1. The molecular weight excluding hydrogens is 336 g/mol. The van der Waals surface area contributed by atoms with Gasteiger partial charge < -0.3 is 16.8 Å². The number of piperidine rings is 1. The summed E-state index contributed by atoms with van der Waals surface area (Å²) in [4.78, 5) is 25.1. The molecule has 2 amide bonds. The van der Waals surface area contributed by atoms with E-state index in [-0.39, 0.29) is 24.4 Å². The first kappa shape index (κ1) is 15.8. The van der Waals surface area contributed by atoms with E-state index in [9.17, 15) is 9.59 Å². The van der Waals surface area contributed by atoms with Crippen molar-refractivity contribution in [2.75, 3.05) is 25.4 Å². The van der Waals surface area contributed by atoms with E-state index in [2.05, 4.69) is 21.2 Å². The number of primary amides is 1. The molecule has 21 heavy (non-hydrogen) atoms. The monoisotopic (exact) mass is 354 g/mol. The number of carbonyl (C=O) groups is 2. The molecule has 1 heterocycles. The molecule has 0 aromatic heterocycles. The standard InChI is InChI=1S/C14H19BrN4O2/c15-12-2-1-9(16)7-11(12)14(21)18-10-3-5-19(6-4-10)8-13(17)20/h1-2,7,10H,3-6,8,16H2,(H2,17,20)(H,18,21). The zero-order valence-corrected chi connectivity index (χ0v) is 13.2. The Morgan fingerprint density at radius 3 is 2.62 bits per heavy atom. The number of nitrogens with zero attached hydrogens (tertiary/aromatic N) is 1. The number of carbonyl (C=O) groups excluding carboxylic acids is 2. The van der Waals surface area contributed by atoms with Gasteiger partial charge in [0.25, 0.3) is 5.91 Å². The third kappa shape index (κ3) is 4.44. The zero-order chi connectivity index (χ0) is 15.4. The predicted octanol–water partition coefficient (Wildman–Crippen LogP) is 0.711. The van der Waals surface area contributed by atoms with Crippen molar-refractivity contribution in [3.63, 3.8) is 0 Å². The molecule has 0 atom stereocenters. The number of nitrogen functional groups attached to an aromatic ring is 1. The second kappa shape index (κ2) is 6.91. The maximum Gasteiger partial charge on any atom is 0.252 e. The van der Waals surface area contributed by atoms with E-state index in [0.717, 1.165) is 30.4 Å². The van der Waals surface area contributed by atoms with Crippen LogP contribution in [0.5, 0.6) is 0 Å². The number of nitrogens with two attached hydrogens (primary N) is 2. The van der Waals surface area contributed by atoms with Crippen LogP contribution >= 0.6 is 15.9 Å². The molecule has 0 radical (unpaired) electrons. The van der Waals surface area contributed by atoms with Crippen molar-refractivity contribution in [2.24, 2.45) is 5.73 Å². The number of amides is 2. The Labute approximate surface area is 132 Å². The van der Waals surface area contributed by atoms with E-state index in [4.69, 9.17) is 11.5 Å². The van der Waals surface area contributed by atoms with E-state index in [0.29, 0.717) is 11.3 Å². The van der Waals surface area contributed by atoms with E-state index < -0.39 is 0 Å². The van der Waals surface area contributed by atoms with Crippen LogP contribution in [-0.4, -0.2) is 42.4 Å². The van der Waals surface area contributed by atoms with Crippen molar-refractivity contribution < 1.29 is 9.59 Å². The molecule has 1 aromatic rings. The van der Waals surface area contributed by atoms with Crippen LogP contribution in [0.3, 0.4) is 0 Å². The van der Waals surface area contributed by atoms with E-state index in [1.54, 1.807) is 18.2 Å². The average molecular weight is 355 g/mol. The molecule has 6 nitrogen and oxygen atoms in total. The molecule has 7 heteroatoms. The molecule has 0 unspecified atom stereocenters. The van der Waals surface area contributed by atoms with Crippen LogP contribution in [-0.2, 0) is 4.79 Å². The van der Waals surface area contributed by atoms with Crippen molar-refractivity contribution in [3.05, 3.63) is 28.2 Å². The molecule has 0 spiro atoms. The lowest BCUT2D eigenvalue weighted by molar-refractivity contribution is -0.119. The van der Waals surface area contributed by atoms with Crippen molar-refractivity contribution in [1.82, 2.24) is 10.2 Å². The minimum Gasteiger partial charge on any atom is -0.399 e. The zero-order valence-electron chi connectivity index (χ0n) is 11.6. The first-order valence-electron chi connectivity index (χ1n) is 6.82. The molecule has 114 valence electrons. The van der Waals surface area contributed by atoms with Crippen LogP contribution in [0, 0.1) is 0 Å². The number of hydrogen-bond donors (Lipinski definition) is 3. The van der Waals surface area contributed by atoms with Gasteiger partial charge in [-0.25, -0.2) is 0 Å². The summed E-state index contributed by atoms with van der Waals surface area (Å²) in [6, 6.07) is 5.26. The Kier molecular flexibility index (Phi) is 5.19. The number of likely N-dealkylation sites (tertiary alicyclic amines) is 1. The third-order valence-corrected chi connectivity index (χ3v) is 4.23. The van der Waals surface area contributed by atoms with Crippen LogP contribution in [0.2, 0.25) is 0 Å². The molecule has 1 fully saturated rings. The molecule has 0 aliphatic carbocycles. The fourth-order valence-corrected chi connectivity index (χ4v) is 2.86. The molecule has 1 saturated heterocycles. The maximum absolute atomic E-state index is 12.3. The smallest absolute Gasteiger partial charge is 0.252 e. The highest BCUT2D eigenvalue weighted by Crippen LogP contribution is 2.20. The van der Waals surface area contributed by atoms with Crippen LogP contribution in [0.15, 0.2) is 22.7 Å². The van der Waals surface area contributed by atoms with E-state index in [1.165, 1.54) is 0 Å². The van der Waals surface area contributed by atoms with E-state index in [1.807, 2.05) is 4.90 Å². The van der Waals surface area contributed by atoms with Crippen LogP contribution in [0.1, 0.15) is 23.2 Å². The molecule has 1 aliphatic rings. The van der Waals surface area contributed by atoms with Gasteiger partial charge in [-0.2, -0.15) is 0 Å². The van der Waals surface area contributed by atoms with Gasteiger partial charge >= 0.3 is 0 Å². The Hall–Kier alpha value is -1.60. The van der Waals surface area contributed by atoms with Crippen molar-refractivity contribution >= 4 is 33.4 Å². The molecule has 2 rings (SSSR count). The summed E-state index contributed by atoms with van der Waals surface area (Å²) in [5, 5.41) is 3.01. The summed E-state index contributed by atoms with van der Waals surface area (Å²) >= 11 is 3.36. The summed E-state index contributed by atoms with van der Waals surface area (Å²) in [6.45, 7) is 1.79. The van der Waals surface area contributed by atoms with Gasteiger partial charge in [0.15, 0.2) is 0 Å². The highest BCUT2D eigenvalue weighted by Gasteiger charge is 2.22. The molecule has 1 aliphatic heterocycles. The lowest BCUT2D eigenvalue weighted by Crippen LogP contribution is -2.46. The van der Waals surface area contributed by atoms with Crippen molar-refractivity contribution in [3.8, 4) is 0 Å². The fourth-order valence-electron chi connectivity index (χ4n) is 2.44. The van der Waals surface area contributed by atoms with E-state index >= 15 is 0 Å². The van der Waals surface area contributed by atoms with Gasteiger partial charge in [-0.1, -0.05) is 0 Å². The van der Waals surface area contributed by atoms with Gasteiger partial charge in [0.2, 0.25) is 5.91 Å². The molecule has 0 bridgehead atoms. The predicted molar refractivity (Wildman–Crippen MR) is 84.7 cm³/mol. The van der Waals surface area contributed by atoms with Gasteiger partial charge in [-0.05, 0) is 47.0 Å². The second-order valence-corrected chi connectivity index (χ2v) is 6.08. The summed E-state index contributed by atoms with van der Waals surface area (Å²) in [7, 11) is 0. The van der Waals surface area contributed by atoms with Crippen molar-refractivity contribution in [2.45, 2.75) is 18.9 Å². The summed E-state index contributed by atoms with van der Waals surface area (Å²) < 4.78 is 0.723. The van der Waals surface area contributed by atoms with Crippen LogP contribution < -0.4 is 16.8 Å². The number of benzene rings is 1. The fraction of sp³-hybridized carbons (Fsp3) is 0.429. The van der Waals surface area contributed by atoms with Gasteiger partial charge in [0.1, 0.15) is 0 Å². The first-order valence-corrected chi connectivity index (χ1v) is 7.61. The summed E-state index contributed by atoms with van der Waals surface area (Å²) in [5.74, 6) is -0.455. The van der Waals surface area contributed by atoms with Gasteiger partial charge in [0, 0.05) is 29.3 Å². The van der Waals surface area contributed by atoms with Crippen LogP contribution in [0.25, 0.3) is 0 Å². The summed E-state index contributed by atoms with van der Waals surface area (Å²) in [6.07, 6.45) is 1.61. The quantitative estimate of drug-likeness (QED) is 0.693. The summed E-state index contributed by atoms with van der Waals surface area (Å²) in [5.41, 5.74) is 12.0. The lowest BCUT2D eigenvalue weighted by Gasteiger charge is -2.31. The third-order valence-electron chi connectivity index (χ3n) is 3.54. The maximum atomic E-state index is 12.3. The number of anilines is 1. The normalized spacial score (nSPS) is 16.6. The average Bonchev–Trinajstić information content (AvgIpc) is 2.43. The Balaban J connectivity index is 1.90. The number of nitrogens with one attached hydrogen (secondary N) is 1. The number of hydrogen-bond acceptors (Lipinski definition) is 4. The topological polar surface area (TPSA) is 101 Å². The van der Waals surface area contributed by atoms with Gasteiger partial charge in [0.05, 0.1) is 12.1 Å². The highest BCUT2D eigenvalue weighted by molar-refractivity contribution is 9.10. The van der Waals surface area contributed by atoms with Gasteiger partial charge in [-0.3, -0.25) is 14.5 Å². The minimum atomic E-state index is -0.318. The van der Waals surface area contributed by atoms with Crippen molar-refractivity contribution in [1.29, 1.82) is 0 Å². The largest absolute Gasteiger partial charge is 0.399 e. The first-order chi connectivity index (χ1) is 9.95. The van der Waals surface area contributed by atoms with Gasteiger partial charge in [-0.15, -0.1) is 0 Å². The minimum absolute atomic E-state index is 0.106. The number of rotatable bonds is 4. The molecule has 0 saturated carbocycles. The highest BCUT2D eigenvalue weighted by atomic mass is 79.9. The second-order valence-electron chi connectivity index (χ2n) is 5.23.